The first-order valence-corrected chi connectivity index (χ1v) is 6.43. The summed E-state index contributed by atoms with van der Waals surface area (Å²) < 4.78 is 5.15. The number of rotatable bonds is 5. The highest BCUT2D eigenvalue weighted by Gasteiger charge is 2.10. The number of carbonyl (C=O) groups excluding carboxylic acids is 1. The second-order valence-electron chi connectivity index (χ2n) is 4.40. The van der Waals surface area contributed by atoms with E-state index >= 15 is 0 Å². The Kier molecular flexibility index (Phi) is 4.78. The number of nitrogens with one attached hydrogen (secondary N) is 2. The van der Waals surface area contributed by atoms with E-state index < -0.39 is 5.91 Å². The van der Waals surface area contributed by atoms with Crippen molar-refractivity contribution in [3.05, 3.63) is 65.8 Å². The Balaban J connectivity index is 1.98. The molecule has 0 radical (unpaired) electrons. The molecule has 2 rings (SSSR count). The standard InChI is InChI=1S/C16H15N3O2/c1-12-5-2-3-7-15(12)19-16(20)13(9-17)10-18-11-14-6-4-8-21-14/h2-8,10,18H,11H2,1H3,(H,19,20)/b13-10-. The van der Waals surface area contributed by atoms with E-state index in [1.807, 2.05) is 31.2 Å². The zero-order valence-electron chi connectivity index (χ0n) is 11.6. The molecule has 1 aromatic heterocycles. The second-order valence-corrected chi connectivity index (χ2v) is 4.40. The van der Waals surface area contributed by atoms with Gasteiger partial charge < -0.3 is 15.1 Å². The molecule has 1 aromatic carbocycles. The Morgan fingerprint density at radius 2 is 2.14 bits per heavy atom. The van der Waals surface area contributed by atoms with Crippen LogP contribution < -0.4 is 10.6 Å². The largest absolute Gasteiger partial charge is 0.467 e. The van der Waals surface area contributed by atoms with Gasteiger partial charge in [0.2, 0.25) is 0 Å². The number of amides is 1. The van der Waals surface area contributed by atoms with E-state index in [0.29, 0.717) is 12.2 Å². The molecule has 106 valence electrons. The lowest BCUT2D eigenvalue weighted by Gasteiger charge is -2.07. The number of benzene rings is 1. The van der Waals surface area contributed by atoms with Gasteiger partial charge in [0.15, 0.2) is 0 Å². The maximum Gasteiger partial charge on any atom is 0.267 e. The van der Waals surface area contributed by atoms with Gasteiger partial charge in [-0.05, 0) is 30.7 Å². The summed E-state index contributed by atoms with van der Waals surface area (Å²) in [7, 11) is 0. The third kappa shape index (κ3) is 3.98. The summed E-state index contributed by atoms with van der Waals surface area (Å²) in [4.78, 5) is 12.0. The predicted molar refractivity (Wildman–Crippen MR) is 79.1 cm³/mol. The average molecular weight is 281 g/mol. The third-order valence-electron chi connectivity index (χ3n) is 2.86. The number of hydrogen-bond donors (Lipinski definition) is 2. The second kappa shape index (κ2) is 6.96. The van der Waals surface area contributed by atoms with Crippen LogP contribution in [0.25, 0.3) is 0 Å². The van der Waals surface area contributed by atoms with Gasteiger partial charge in [-0.2, -0.15) is 5.26 Å². The molecule has 0 unspecified atom stereocenters. The fourth-order valence-electron chi connectivity index (χ4n) is 1.72. The third-order valence-corrected chi connectivity index (χ3v) is 2.86. The van der Waals surface area contributed by atoms with Crippen LogP contribution in [0.3, 0.4) is 0 Å². The lowest BCUT2D eigenvalue weighted by molar-refractivity contribution is -0.112. The molecule has 0 aliphatic carbocycles. The molecule has 0 bridgehead atoms. The Labute approximate surface area is 122 Å². The van der Waals surface area contributed by atoms with Crippen LogP contribution in [0.15, 0.2) is 58.9 Å². The van der Waals surface area contributed by atoms with Crippen LogP contribution in [0.5, 0.6) is 0 Å². The summed E-state index contributed by atoms with van der Waals surface area (Å²) in [5, 5.41) is 14.7. The zero-order valence-corrected chi connectivity index (χ0v) is 11.6. The minimum Gasteiger partial charge on any atom is -0.467 e. The Morgan fingerprint density at radius 1 is 1.33 bits per heavy atom. The fraction of sp³-hybridized carbons (Fsp3) is 0.125. The van der Waals surface area contributed by atoms with Crippen LogP contribution in [0, 0.1) is 18.3 Å². The molecule has 21 heavy (non-hydrogen) atoms. The number of anilines is 1. The van der Waals surface area contributed by atoms with Crippen molar-refractivity contribution < 1.29 is 9.21 Å². The summed E-state index contributed by atoms with van der Waals surface area (Å²) >= 11 is 0. The van der Waals surface area contributed by atoms with Gasteiger partial charge in [0, 0.05) is 11.9 Å². The number of para-hydroxylation sites is 1. The van der Waals surface area contributed by atoms with Crippen LogP contribution in [-0.2, 0) is 11.3 Å². The first-order chi connectivity index (χ1) is 10.2. The SMILES string of the molecule is Cc1ccccc1NC(=O)/C(C#N)=C\NCc1ccco1. The van der Waals surface area contributed by atoms with E-state index in [1.165, 1.54) is 6.20 Å². The number of carbonyl (C=O) groups is 1. The van der Waals surface area contributed by atoms with Crippen molar-refractivity contribution in [2.24, 2.45) is 0 Å². The first-order valence-electron chi connectivity index (χ1n) is 6.43. The summed E-state index contributed by atoms with van der Waals surface area (Å²) in [5.41, 5.74) is 1.63. The number of nitrogens with zero attached hydrogens (tertiary/aromatic N) is 1. The molecule has 1 amide bonds. The summed E-state index contributed by atoms with van der Waals surface area (Å²) in [6, 6.07) is 12.9. The quantitative estimate of drug-likeness (QED) is 0.652. The average Bonchev–Trinajstić information content (AvgIpc) is 2.99. The van der Waals surface area contributed by atoms with Gasteiger partial charge >= 0.3 is 0 Å². The molecule has 5 heteroatoms. The van der Waals surface area contributed by atoms with Crippen molar-refractivity contribution >= 4 is 11.6 Å². The van der Waals surface area contributed by atoms with Crippen LogP contribution in [-0.4, -0.2) is 5.91 Å². The van der Waals surface area contributed by atoms with E-state index in [-0.39, 0.29) is 5.57 Å². The van der Waals surface area contributed by atoms with Crippen molar-refractivity contribution in [1.82, 2.24) is 5.32 Å². The van der Waals surface area contributed by atoms with Gasteiger partial charge in [0.25, 0.3) is 5.91 Å². The van der Waals surface area contributed by atoms with Crippen molar-refractivity contribution in [1.29, 1.82) is 5.26 Å². The monoisotopic (exact) mass is 281 g/mol. The van der Waals surface area contributed by atoms with Gasteiger partial charge in [0.1, 0.15) is 17.4 Å². The van der Waals surface area contributed by atoms with Gasteiger partial charge in [-0.3, -0.25) is 4.79 Å². The zero-order chi connectivity index (χ0) is 15.1. The van der Waals surface area contributed by atoms with E-state index in [1.54, 1.807) is 24.5 Å². The van der Waals surface area contributed by atoms with Gasteiger partial charge in [-0.15, -0.1) is 0 Å². The smallest absolute Gasteiger partial charge is 0.267 e. The van der Waals surface area contributed by atoms with Gasteiger partial charge in [0.05, 0.1) is 12.8 Å². The lowest BCUT2D eigenvalue weighted by Crippen LogP contribution is -2.17. The number of furan rings is 1. The molecule has 0 fully saturated rings. The lowest BCUT2D eigenvalue weighted by atomic mass is 10.2. The molecule has 0 saturated heterocycles. The molecule has 2 aromatic rings. The maximum absolute atomic E-state index is 12.0. The minimum absolute atomic E-state index is 0.00445. The normalized spacial score (nSPS) is 10.8. The van der Waals surface area contributed by atoms with E-state index in [4.69, 9.17) is 9.68 Å². The highest BCUT2D eigenvalue weighted by atomic mass is 16.3. The Hall–Kier alpha value is -3.00. The van der Waals surface area contributed by atoms with Crippen molar-refractivity contribution in [2.75, 3.05) is 5.32 Å². The van der Waals surface area contributed by atoms with Gasteiger partial charge in [-0.1, -0.05) is 18.2 Å². The topological polar surface area (TPSA) is 78.1 Å². The van der Waals surface area contributed by atoms with Crippen LogP contribution in [0.1, 0.15) is 11.3 Å². The van der Waals surface area contributed by atoms with Crippen molar-refractivity contribution in [3.63, 3.8) is 0 Å². The highest BCUT2D eigenvalue weighted by Crippen LogP contribution is 2.14. The number of hydrogen-bond acceptors (Lipinski definition) is 4. The van der Waals surface area contributed by atoms with E-state index in [2.05, 4.69) is 10.6 Å². The summed E-state index contributed by atoms with van der Waals surface area (Å²) in [6.07, 6.45) is 2.95. The Morgan fingerprint density at radius 3 is 2.81 bits per heavy atom. The van der Waals surface area contributed by atoms with E-state index in [0.717, 1.165) is 11.3 Å². The molecule has 1 heterocycles. The Bertz CT molecular complexity index is 682. The summed E-state index contributed by atoms with van der Waals surface area (Å²) in [6.45, 7) is 2.30. The summed E-state index contributed by atoms with van der Waals surface area (Å²) in [5.74, 6) is 0.279. The predicted octanol–water partition coefficient (Wildman–Crippen LogP) is 2.72. The molecule has 0 aliphatic heterocycles. The molecule has 2 N–H and O–H groups in total. The minimum atomic E-state index is -0.446. The van der Waals surface area contributed by atoms with Crippen LogP contribution >= 0.6 is 0 Å². The molecular weight excluding hydrogens is 266 g/mol. The number of nitriles is 1. The first kappa shape index (κ1) is 14.4. The molecular formula is C16H15N3O2. The van der Waals surface area contributed by atoms with Crippen molar-refractivity contribution in [3.8, 4) is 6.07 Å². The molecule has 0 saturated carbocycles. The number of aryl methyl sites for hydroxylation is 1. The van der Waals surface area contributed by atoms with E-state index in [9.17, 15) is 4.79 Å². The molecule has 0 aliphatic rings. The van der Waals surface area contributed by atoms with Crippen LogP contribution in [0.2, 0.25) is 0 Å². The van der Waals surface area contributed by atoms with Gasteiger partial charge in [-0.25, -0.2) is 0 Å². The molecule has 0 atom stereocenters. The highest BCUT2D eigenvalue weighted by molar-refractivity contribution is 6.06. The molecule has 0 spiro atoms. The fourth-order valence-corrected chi connectivity index (χ4v) is 1.72. The van der Waals surface area contributed by atoms with Crippen molar-refractivity contribution in [2.45, 2.75) is 13.5 Å². The van der Waals surface area contributed by atoms with Crippen LogP contribution in [0.4, 0.5) is 5.69 Å². The maximum atomic E-state index is 12.0. The molecule has 5 nitrogen and oxygen atoms in total.